The molecule has 2 N–H and O–H groups in total. The lowest BCUT2D eigenvalue weighted by Gasteiger charge is -1.86. The summed E-state index contributed by atoms with van der Waals surface area (Å²) in [6.45, 7) is 2.59. The number of aryl methyl sites for hydroxylation is 1. The molecule has 0 aliphatic heterocycles. The van der Waals surface area contributed by atoms with Crippen LogP contribution in [0, 0.1) is 6.92 Å². The number of hydrogen-bond donors (Lipinski definition) is 1. The van der Waals surface area contributed by atoms with E-state index in [1.165, 1.54) is 4.88 Å². The van der Waals surface area contributed by atoms with Crippen LogP contribution in [0.3, 0.4) is 0 Å². The first-order valence-corrected chi connectivity index (χ1v) is 3.31. The smallest absolute Gasteiger partial charge is 0.0798 e. The van der Waals surface area contributed by atoms with E-state index in [4.69, 9.17) is 5.73 Å². The zero-order valence-electron chi connectivity index (χ0n) is 4.72. The van der Waals surface area contributed by atoms with Crippen molar-refractivity contribution >= 4 is 11.3 Å². The second kappa shape index (κ2) is 2.24. The lowest BCUT2D eigenvalue weighted by atomic mass is 10.4. The van der Waals surface area contributed by atoms with Gasteiger partial charge in [-0.2, -0.15) is 0 Å². The summed E-state index contributed by atoms with van der Waals surface area (Å²) in [7, 11) is 0. The topological polar surface area (TPSA) is 38.9 Å². The second-order valence-corrected chi connectivity index (χ2v) is 2.50. The summed E-state index contributed by atoms with van der Waals surface area (Å²) in [5, 5.41) is 0. The van der Waals surface area contributed by atoms with Gasteiger partial charge < -0.3 is 5.73 Å². The van der Waals surface area contributed by atoms with Gasteiger partial charge in [0.2, 0.25) is 0 Å². The summed E-state index contributed by atoms with van der Waals surface area (Å²) in [5.74, 6) is 0. The van der Waals surface area contributed by atoms with Crippen LogP contribution in [-0.4, -0.2) is 4.98 Å². The molecule has 2 nitrogen and oxygen atoms in total. The molecule has 0 aromatic carbocycles. The molecule has 0 saturated carbocycles. The minimum atomic E-state index is 0.622. The maximum atomic E-state index is 5.37. The third-order valence-electron chi connectivity index (χ3n) is 1.03. The van der Waals surface area contributed by atoms with Crippen molar-refractivity contribution in [2.45, 2.75) is 13.5 Å². The number of nitrogens with zero attached hydrogens (tertiary/aromatic N) is 1. The molecule has 0 amide bonds. The van der Waals surface area contributed by atoms with Gasteiger partial charge >= 0.3 is 0 Å². The van der Waals surface area contributed by atoms with Crippen LogP contribution in [-0.2, 0) is 6.54 Å². The molecular weight excluding hydrogens is 120 g/mol. The summed E-state index contributed by atoms with van der Waals surface area (Å²) in [6, 6.07) is 0. The van der Waals surface area contributed by atoms with Crippen molar-refractivity contribution in [2.75, 3.05) is 0 Å². The predicted molar refractivity (Wildman–Crippen MR) is 34.7 cm³/mol. The van der Waals surface area contributed by atoms with E-state index in [2.05, 4.69) is 4.98 Å². The van der Waals surface area contributed by atoms with Gasteiger partial charge in [-0.25, -0.2) is 4.98 Å². The molecule has 1 aromatic heterocycles. The molecule has 0 spiro atoms. The fraction of sp³-hybridized carbons (Fsp3) is 0.400. The summed E-state index contributed by atoms with van der Waals surface area (Å²) >= 11 is 1.61. The molecule has 1 heterocycles. The Bertz CT molecular complexity index is 171. The molecule has 0 aliphatic rings. The number of nitrogens with two attached hydrogens (primary N) is 1. The average molecular weight is 128 g/mol. The van der Waals surface area contributed by atoms with Gasteiger partial charge in [-0.05, 0) is 6.92 Å². The van der Waals surface area contributed by atoms with Crippen molar-refractivity contribution < 1.29 is 0 Å². The lowest BCUT2D eigenvalue weighted by molar-refractivity contribution is 1.06. The van der Waals surface area contributed by atoms with Crippen molar-refractivity contribution in [3.8, 4) is 0 Å². The summed E-state index contributed by atoms with van der Waals surface area (Å²) in [5.41, 5.74) is 8.25. The highest BCUT2D eigenvalue weighted by Crippen LogP contribution is 2.09. The minimum absolute atomic E-state index is 0.622. The Morgan fingerprint density at radius 3 is 2.88 bits per heavy atom. The molecular formula is C5H8N2S. The molecule has 3 heteroatoms. The van der Waals surface area contributed by atoms with Crippen LogP contribution in [0.1, 0.15) is 10.6 Å². The van der Waals surface area contributed by atoms with Crippen LogP contribution in [0.5, 0.6) is 0 Å². The Balaban J connectivity index is 2.92. The van der Waals surface area contributed by atoms with Crippen molar-refractivity contribution in [1.82, 2.24) is 4.98 Å². The summed E-state index contributed by atoms with van der Waals surface area (Å²) in [4.78, 5) is 5.21. The largest absolute Gasteiger partial charge is 0.326 e. The van der Waals surface area contributed by atoms with E-state index < -0.39 is 0 Å². The molecule has 1 rings (SSSR count). The van der Waals surface area contributed by atoms with E-state index in [0.717, 1.165) is 5.69 Å². The van der Waals surface area contributed by atoms with Gasteiger partial charge in [-0.3, -0.25) is 0 Å². The van der Waals surface area contributed by atoms with Crippen molar-refractivity contribution in [3.63, 3.8) is 0 Å². The van der Waals surface area contributed by atoms with E-state index in [1.54, 1.807) is 11.3 Å². The summed E-state index contributed by atoms with van der Waals surface area (Å²) in [6.07, 6.45) is 0. The first kappa shape index (κ1) is 5.72. The molecule has 0 radical (unpaired) electrons. The van der Waals surface area contributed by atoms with E-state index in [9.17, 15) is 0 Å². The van der Waals surface area contributed by atoms with Gasteiger partial charge in [0.25, 0.3) is 0 Å². The highest BCUT2D eigenvalue weighted by Gasteiger charge is 1.94. The quantitative estimate of drug-likeness (QED) is 0.610. The van der Waals surface area contributed by atoms with Gasteiger partial charge in [0.05, 0.1) is 11.2 Å². The second-order valence-electron chi connectivity index (χ2n) is 1.57. The van der Waals surface area contributed by atoms with Crippen LogP contribution in [0.2, 0.25) is 0 Å². The number of rotatable bonds is 1. The van der Waals surface area contributed by atoms with E-state index in [1.807, 2.05) is 12.4 Å². The Labute approximate surface area is 52.4 Å². The predicted octanol–water partition coefficient (Wildman–Crippen LogP) is 0.910. The number of hydrogen-bond acceptors (Lipinski definition) is 3. The third kappa shape index (κ3) is 0.877. The van der Waals surface area contributed by atoms with Gasteiger partial charge in [0.1, 0.15) is 0 Å². The van der Waals surface area contributed by atoms with Crippen molar-refractivity contribution in [2.24, 2.45) is 5.73 Å². The minimum Gasteiger partial charge on any atom is -0.326 e. The van der Waals surface area contributed by atoms with Crippen LogP contribution in [0.4, 0.5) is 0 Å². The molecule has 0 fully saturated rings. The molecule has 0 unspecified atom stereocenters. The molecule has 0 aliphatic carbocycles. The van der Waals surface area contributed by atoms with Crippen LogP contribution in [0.25, 0.3) is 0 Å². The first-order valence-electron chi connectivity index (χ1n) is 2.43. The monoisotopic (exact) mass is 128 g/mol. The lowest BCUT2D eigenvalue weighted by Crippen LogP contribution is -1.94. The number of thiazole rings is 1. The van der Waals surface area contributed by atoms with E-state index >= 15 is 0 Å². The van der Waals surface area contributed by atoms with Crippen LogP contribution < -0.4 is 5.73 Å². The molecule has 0 saturated heterocycles. The summed E-state index contributed by atoms with van der Waals surface area (Å²) < 4.78 is 0. The standard InChI is InChI=1S/C5H8N2S/c1-4-5(2-6)8-3-7-4/h3H,2,6H2,1H3. The molecule has 44 valence electrons. The van der Waals surface area contributed by atoms with Gasteiger partial charge in [-0.1, -0.05) is 0 Å². The van der Waals surface area contributed by atoms with Crippen LogP contribution >= 0.6 is 11.3 Å². The zero-order valence-corrected chi connectivity index (χ0v) is 5.53. The first-order chi connectivity index (χ1) is 3.84. The normalized spacial score (nSPS) is 9.75. The maximum absolute atomic E-state index is 5.37. The Morgan fingerprint density at radius 1 is 1.88 bits per heavy atom. The SMILES string of the molecule is Cc1ncsc1CN. The Kier molecular flexibility index (Phi) is 1.60. The van der Waals surface area contributed by atoms with Gasteiger partial charge in [0.15, 0.2) is 0 Å². The highest BCUT2D eigenvalue weighted by molar-refractivity contribution is 7.09. The molecule has 1 aromatic rings. The fourth-order valence-corrected chi connectivity index (χ4v) is 1.18. The zero-order chi connectivity index (χ0) is 5.98. The Hall–Kier alpha value is -0.410. The third-order valence-corrected chi connectivity index (χ3v) is 1.99. The molecule has 0 bridgehead atoms. The highest BCUT2D eigenvalue weighted by atomic mass is 32.1. The maximum Gasteiger partial charge on any atom is 0.0798 e. The Morgan fingerprint density at radius 2 is 2.62 bits per heavy atom. The van der Waals surface area contributed by atoms with E-state index in [0.29, 0.717) is 6.54 Å². The molecule has 8 heavy (non-hydrogen) atoms. The number of aromatic nitrogens is 1. The molecule has 0 atom stereocenters. The fourth-order valence-electron chi connectivity index (χ4n) is 0.522. The average Bonchev–Trinajstić information content (AvgIpc) is 2.14. The van der Waals surface area contributed by atoms with Crippen molar-refractivity contribution in [3.05, 3.63) is 16.1 Å². The van der Waals surface area contributed by atoms with Crippen molar-refractivity contribution in [1.29, 1.82) is 0 Å². The van der Waals surface area contributed by atoms with Crippen LogP contribution in [0.15, 0.2) is 5.51 Å². The van der Waals surface area contributed by atoms with E-state index in [-0.39, 0.29) is 0 Å². The van der Waals surface area contributed by atoms with Gasteiger partial charge in [0, 0.05) is 11.4 Å². The van der Waals surface area contributed by atoms with Gasteiger partial charge in [-0.15, -0.1) is 11.3 Å².